The van der Waals surface area contributed by atoms with Gasteiger partial charge in [-0.05, 0) is 24.5 Å². The molecule has 0 radical (unpaired) electrons. The Morgan fingerprint density at radius 3 is 2.31 bits per heavy atom. The Bertz CT molecular complexity index is 1100. The third kappa shape index (κ3) is 4.03. The van der Waals surface area contributed by atoms with Gasteiger partial charge in [-0.1, -0.05) is 48.5 Å². The number of esters is 1. The minimum absolute atomic E-state index is 0.0327. The van der Waals surface area contributed by atoms with Crippen molar-refractivity contribution in [2.75, 3.05) is 19.7 Å². The monoisotopic (exact) mass is 391 g/mol. The molecule has 0 bridgehead atoms. The lowest BCUT2D eigenvalue weighted by molar-refractivity contribution is -0.133. The van der Waals surface area contributed by atoms with Gasteiger partial charge in [0.15, 0.2) is 12.3 Å². The van der Waals surface area contributed by atoms with Gasteiger partial charge in [0.1, 0.15) is 0 Å². The van der Waals surface area contributed by atoms with Crippen LogP contribution in [0.2, 0.25) is 0 Å². The van der Waals surface area contributed by atoms with E-state index in [2.05, 4.69) is 5.10 Å². The fraction of sp³-hybridized carbons (Fsp3) is 0.273. The zero-order valence-corrected chi connectivity index (χ0v) is 15.9. The summed E-state index contributed by atoms with van der Waals surface area (Å²) in [5, 5.41) is 5.08. The van der Waals surface area contributed by atoms with Crippen LogP contribution in [0.25, 0.3) is 10.8 Å². The second-order valence-corrected chi connectivity index (χ2v) is 7.01. The van der Waals surface area contributed by atoms with E-state index in [9.17, 15) is 14.4 Å². The summed E-state index contributed by atoms with van der Waals surface area (Å²) in [4.78, 5) is 39.4. The lowest BCUT2D eigenvalue weighted by Crippen LogP contribution is -2.32. The van der Waals surface area contributed by atoms with Gasteiger partial charge >= 0.3 is 5.97 Å². The van der Waals surface area contributed by atoms with Crippen LogP contribution in [0, 0.1) is 0 Å². The lowest BCUT2D eigenvalue weighted by Gasteiger charge is -2.15. The Balaban J connectivity index is 1.63. The molecule has 1 aliphatic rings. The second-order valence-electron chi connectivity index (χ2n) is 7.01. The highest BCUT2D eigenvalue weighted by Crippen LogP contribution is 2.15. The summed E-state index contributed by atoms with van der Waals surface area (Å²) in [6.07, 6.45) is 1.94. The molecule has 2 aromatic carbocycles. The van der Waals surface area contributed by atoms with Crippen molar-refractivity contribution in [3.8, 4) is 0 Å². The fourth-order valence-electron chi connectivity index (χ4n) is 3.50. The van der Waals surface area contributed by atoms with Gasteiger partial charge in [-0.2, -0.15) is 5.10 Å². The molecule has 1 fully saturated rings. The van der Waals surface area contributed by atoms with E-state index in [0.29, 0.717) is 23.9 Å². The van der Waals surface area contributed by atoms with Crippen molar-refractivity contribution in [2.45, 2.75) is 19.4 Å². The molecular formula is C22H21N3O4. The van der Waals surface area contributed by atoms with Gasteiger partial charge in [-0.15, -0.1) is 0 Å². The zero-order chi connectivity index (χ0) is 20.2. The molecule has 1 aromatic heterocycles. The number of hydrogen-bond acceptors (Lipinski definition) is 5. The number of rotatable bonds is 5. The standard InChI is InChI=1S/C22H21N3O4/c26-19(24-12-6-7-13-24)15-29-22(28)20-17-10-4-5-11-18(17)21(27)25(23-20)14-16-8-2-1-3-9-16/h1-5,8-11H,6-7,12-15H2. The molecule has 0 spiro atoms. The average molecular weight is 391 g/mol. The van der Waals surface area contributed by atoms with Crippen LogP contribution in [0.15, 0.2) is 59.4 Å². The predicted molar refractivity (Wildman–Crippen MR) is 108 cm³/mol. The first-order valence-corrected chi connectivity index (χ1v) is 9.62. The van der Waals surface area contributed by atoms with Gasteiger partial charge in [0, 0.05) is 18.5 Å². The topological polar surface area (TPSA) is 81.5 Å². The highest BCUT2D eigenvalue weighted by atomic mass is 16.5. The van der Waals surface area contributed by atoms with Gasteiger partial charge in [-0.25, -0.2) is 9.48 Å². The molecule has 148 valence electrons. The molecule has 7 heteroatoms. The molecule has 0 N–H and O–H groups in total. The van der Waals surface area contributed by atoms with E-state index in [1.807, 2.05) is 30.3 Å². The van der Waals surface area contributed by atoms with Gasteiger partial charge in [0.2, 0.25) is 0 Å². The van der Waals surface area contributed by atoms with Gasteiger partial charge in [0.05, 0.1) is 11.9 Å². The summed E-state index contributed by atoms with van der Waals surface area (Å²) in [5.41, 5.74) is 0.639. The highest BCUT2D eigenvalue weighted by Gasteiger charge is 2.22. The minimum Gasteiger partial charge on any atom is -0.451 e. The molecule has 0 saturated carbocycles. The largest absolute Gasteiger partial charge is 0.451 e. The first kappa shape index (κ1) is 18.9. The maximum Gasteiger partial charge on any atom is 0.359 e. The van der Waals surface area contributed by atoms with Crippen LogP contribution in [-0.4, -0.2) is 46.3 Å². The zero-order valence-electron chi connectivity index (χ0n) is 15.9. The molecular weight excluding hydrogens is 370 g/mol. The van der Waals surface area contributed by atoms with Crippen molar-refractivity contribution in [3.63, 3.8) is 0 Å². The number of nitrogens with zero attached hydrogens (tertiary/aromatic N) is 3. The van der Waals surface area contributed by atoms with Gasteiger partial charge < -0.3 is 9.64 Å². The lowest BCUT2D eigenvalue weighted by atomic mass is 10.1. The first-order valence-electron chi connectivity index (χ1n) is 9.62. The van der Waals surface area contributed by atoms with Crippen molar-refractivity contribution in [3.05, 3.63) is 76.2 Å². The van der Waals surface area contributed by atoms with Crippen LogP contribution in [0.1, 0.15) is 28.9 Å². The van der Waals surface area contributed by atoms with Crippen LogP contribution in [0.3, 0.4) is 0 Å². The second kappa shape index (κ2) is 8.26. The Morgan fingerprint density at radius 2 is 1.59 bits per heavy atom. The van der Waals surface area contributed by atoms with Gasteiger partial charge in [-0.3, -0.25) is 9.59 Å². The summed E-state index contributed by atoms with van der Waals surface area (Å²) < 4.78 is 6.51. The van der Waals surface area contributed by atoms with Crippen LogP contribution in [0.5, 0.6) is 0 Å². The molecule has 0 unspecified atom stereocenters. The Kier molecular flexibility index (Phi) is 5.37. The summed E-state index contributed by atoms with van der Waals surface area (Å²) in [7, 11) is 0. The Morgan fingerprint density at radius 1 is 0.931 bits per heavy atom. The molecule has 1 saturated heterocycles. The number of likely N-dealkylation sites (tertiary alicyclic amines) is 1. The quantitative estimate of drug-likeness (QED) is 0.623. The molecule has 4 rings (SSSR count). The fourth-order valence-corrected chi connectivity index (χ4v) is 3.50. The van der Waals surface area contributed by atoms with E-state index in [1.54, 1.807) is 29.2 Å². The van der Waals surface area contributed by atoms with Crippen LogP contribution < -0.4 is 5.56 Å². The highest BCUT2D eigenvalue weighted by molar-refractivity contribution is 6.02. The molecule has 7 nitrogen and oxygen atoms in total. The number of carbonyl (C=O) groups is 2. The number of ether oxygens (including phenoxy) is 1. The number of aromatic nitrogens is 2. The molecule has 29 heavy (non-hydrogen) atoms. The number of carbonyl (C=O) groups excluding carboxylic acids is 2. The molecule has 1 aliphatic heterocycles. The van der Waals surface area contributed by atoms with Crippen LogP contribution in [-0.2, 0) is 16.1 Å². The summed E-state index contributed by atoms with van der Waals surface area (Å²) in [5.74, 6) is -0.923. The summed E-state index contributed by atoms with van der Waals surface area (Å²) in [6.45, 7) is 1.29. The van der Waals surface area contributed by atoms with E-state index < -0.39 is 5.97 Å². The Labute approximate surface area is 167 Å². The number of amides is 1. The van der Waals surface area contributed by atoms with Crippen molar-refractivity contribution >= 4 is 22.6 Å². The van der Waals surface area contributed by atoms with Crippen molar-refractivity contribution in [1.29, 1.82) is 0 Å². The molecule has 0 atom stereocenters. The smallest absolute Gasteiger partial charge is 0.359 e. The molecule has 1 amide bonds. The van der Waals surface area contributed by atoms with Crippen molar-refractivity contribution < 1.29 is 14.3 Å². The van der Waals surface area contributed by atoms with Crippen molar-refractivity contribution in [1.82, 2.24) is 14.7 Å². The van der Waals surface area contributed by atoms with Crippen molar-refractivity contribution in [2.24, 2.45) is 0 Å². The number of hydrogen-bond donors (Lipinski definition) is 0. The Hall–Kier alpha value is -3.48. The van der Waals surface area contributed by atoms with Crippen LogP contribution >= 0.6 is 0 Å². The maximum atomic E-state index is 12.8. The van der Waals surface area contributed by atoms with E-state index in [-0.39, 0.29) is 30.3 Å². The SMILES string of the molecule is O=C(OCC(=O)N1CCCC1)c1nn(Cc2ccccc2)c(=O)c2ccccc12. The molecule has 0 aliphatic carbocycles. The summed E-state index contributed by atoms with van der Waals surface area (Å²) >= 11 is 0. The molecule has 3 aromatic rings. The van der Waals surface area contributed by atoms with E-state index >= 15 is 0 Å². The number of fused-ring (bicyclic) bond motifs is 1. The number of benzene rings is 2. The maximum absolute atomic E-state index is 12.8. The predicted octanol–water partition coefficient (Wildman–Crippen LogP) is 2.22. The average Bonchev–Trinajstić information content (AvgIpc) is 3.30. The molecule has 2 heterocycles. The van der Waals surface area contributed by atoms with Gasteiger partial charge in [0.25, 0.3) is 11.5 Å². The normalized spacial score (nSPS) is 13.6. The first-order chi connectivity index (χ1) is 14.1. The third-order valence-corrected chi connectivity index (χ3v) is 5.02. The van der Waals surface area contributed by atoms with E-state index in [4.69, 9.17) is 4.74 Å². The van der Waals surface area contributed by atoms with E-state index in [0.717, 1.165) is 18.4 Å². The van der Waals surface area contributed by atoms with E-state index in [1.165, 1.54) is 4.68 Å². The minimum atomic E-state index is -0.712. The van der Waals surface area contributed by atoms with Crippen LogP contribution in [0.4, 0.5) is 0 Å². The third-order valence-electron chi connectivity index (χ3n) is 5.02. The summed E-state index contributed by atoms with van der Waals surface area (Å²) in [6, 6.07) is 16.2.